The van der Waals surface area contributed by atoms with Crippen LogP contribution in [0.1, 0.15) is 38.3 Å². The molecule has 2 fully saturated rings. The van der Waals surface area contributed by atoms with Gasteiger partial charge in [0.25, 0.3) is 0 Å². The van der Waals surface area contributed by atoms with Crippen LogP contribution in [-0.2, 0) is 6.18 Å². The van der Waals surface area contributed by atoms with Gasteiger partial charge in [-0.15, -0.1) is 0 Å². The van der Waals surface area contributed by atoms with E-state index in [1.54, 1.807) is 0 Å². The third-order valence-corrected chi connectivity index (χ3v) is 4.24. The van der Waals surface area contributed by atoms with E-state index in [0.717, 1.165) is 31.9 Å². The molecule has 116 valence electrons. The number of alkyl halides is 3. The Morgan fingerprint density at radius 1 is 1.33 bits per heavy atom. The lowest BCUT2D eigenvalue weighted by atomic mass is 10.1. The Bertz CT molecular complexity index is 517. The van der Waals surface area contributed by atoms with Crippen molar-refractivity contribution in [2.24, 2.45) is 5.92 Å². The summed E-state index contributed by atoms with van der Waals surface area (Å²) in [5, 5.41) is 2.87. The summed E-state index contributed by atoms with van der Waals surface area (Å²) < 4.78 is 39.0. The molecule has 0 aromatic carbocycles. The maximum absolute atomic E-state index is 13.0. The van der Waals surface area contributed by atoms with Gasteiger partial charge in [0, 0.05) is 25.2 Å². The number of nitrogens with zero attached hydrogens (tertiary/aromatic N) is 3. The van der Waals surface area contributed by atoms with Crippen LogP contribution in [0, 0.1) is 5.92 Å². The van der Waals surface area contributed by atoms with E-state index in [-0.39, 0.29) is 5.95 Å². The smallest absolute Gasteiger partial charge is 0.354 e. The molecule has 21 heavy (non-hydrogen) atoms. The van der Waals surface area contributed by atoms with Crippen molar-refractivity contribution in [3.8, 4) is 0 Å². The predicted octanol–water partition coefficient (Wildman–Crippen LogP) is 3.31. The van der Waals surface area contributed by atoms with E-state index < -0.39 is 11.9 Å². The molecule has 2 heterocycles. The molecule has 1 saturated carbocycles. The second-order valence-corrected chi connectivity index (χ2v) is 5.84. The topological polar surface area (TPSA) is 41.1 Å². The van der Waals surface area contributed by atoms with Crippen LogP contribution in [0.5, 0.6) is 0 Å². The van der Waals surface area contributed by atoms with Crippen LogP contribution in [0.4, 0.5) is 24.9 Å². The standard InChI is InChI=1S/C14H19F3N4/c1-2-5-18-13-19-11(14(15,16)17)7-12(20-13)21-8-9-3-4-10(21)6-9/h7,9-10H,2-6,8H2,1H3,(H,18,19,20). The van der Waals surface area contributed by atoms with Crippen molar-refractivity contribution in [2.75, 3.05) is 23.3 Å². The van der Waals surface area contributed by atoms with Crippen LogP contribution in [-0.4, -0.2) is 29.1 Å². The zero-order valence-corrected chi connectivity index (χ0v) is 12.0. The van der Waals surface area contributed by atoms with Gasteiger partial charge in [0.1, 0.15) is 5.82 Å². The number of halogens is 3. The molecule has 2 atom stereocenters. The molecule has 1 aromatic heterocycles. The molecule has 1 aliphatic carbocycles. The Morgan fingerprint density at radius 2 is 2.14 bits per heavy atom. The number of piperidine rings is 1. The number of hydrogen-bond donors (Lipinski definition) is 1. The number of anilines is 2. The van der Waals surface area contributed by atoms with E-state index in [1.165, 1.54) is 6.42 Å². The van der Waals surface area contributed by atoms with Gasteiger partial charge in [-0.05, 0) is 31.6 Å². The SMILES string of the molecule is CCCNc1nc(N2CC3CCC2C3)cc(C(F)(F)F)n1. The molecule has 1 N–H and O–H groups in total. The van der Waals surface area contributed by atoms with Crippen molar-refractivity contribution in [3.63, 3.8) is 0 Å². The molecule has 2 bridgehead atoms. The van der Waals surface area contributed by atoms with Gasteiger partial charge in [-0.3, -0.25) is 0 Å². The van der Waals surface area contributed by atoms with Gasteiger partial charge in [-0.1, -0.05) is 6.92 Å². The average molecular weight is 300 g/mol. The minimum absolute atomic E-state index is 0.0736. The van der Waals surface area contributed by atoms with E-state index in [4.69, 9.17) is 0 Å². The zero-order chi connectivity index (χ0) is 15.0. The van der Waals surface area contributed by atoms with Crippen molar-refractivity contribution in [2.45, 2.75) is 44.8 Å². The van der Waals surface area contributed by atoms with E-state index >= 15 is 0 Å². The summed E-state index contributed by atoms with van der Waals surface area (Å²) in [6.45, 7) is 3.32. The Hall–Kier alpha value is -1.53. The van der Waals surface area contributed by atoms with E-state index in [2.05, 4.69) is 15.3 Å². The largest absolute Gasteiger partial charge is 0.433 e. The highest BCUT2D eigenvalue weighted by Crippen LogP contribution is 2.40. The third kappa shape index (κ3) is 2.91. The highest BCUT2D eigenvalue weighted by Gasteiger charge is 2.40. The fraction of sp³-hybridized carbons (Fsp3) is 0.714. The molecule has 4 nitrogen and oxygen atoms in total. The van der Waals surface area contributed by atoms with E-state index in [0.29, 0.717) is 24.3 Å². The van der Waals surface area contributed by atoms with Crippen LogP contribution < -0.4 is 10.2 Å². The number of rotatable bonds is 4. The Morgan fingerprint density at radius 3 is 2.71 bits per heavy atom. The summed E-state index contributed by atoms with van der Waals surface area (Å²) in [7, 11) is 0. The molecule has 1 saturated heterocycles. The Labute approximate surface area is 121 Å². The second-order valence-electron chi connectivity index (χ2n) is 5.84. The molecule has 2 unspecified atom stereocenters. The molecule has 0 amide bonds. The van der Waals surface area contributed by atoms with Crippen LogP contribution in [0.3, 0.4) is 0 Å². The third-order valence-electron chi connectivity index (χ3n) is 4.24. The first-order valence-electron chi connectivity index (χ1n) is 7.44. The van der Waals surface area contributed by atoms with E-state index in [1.807, 2.05) is 11.8 Å². The molecular formula is C14H19F3N4. The Balaban J connectivity index is 1.91. The lowest BCUT2D eigenvalue weighted by Gasteiger charge is -2.28. The summed E-state index contributed by atoms with van der Waals surface area (Å²) in [5.74, 6) is 1.08. The first-order chi connectivity index (χ1) is 9.97. The van der Waals surface area contributed by atoms with Gasteiger partial charge in [-0.25, -0.2) is 4.98 Å². The molecule has 0 spiro atoms. The molecule has 1 aliphatic heterocycles. The van der Waals surface area contributed by atoms with Crippen LogP contribution in [0.2, 0.25) is 0 Å². The second kappa shape index (κ2) is 5.35. The molecular weight excluding hydrogens is 281 g/mol. The van der Waals surface area contributed by atoms with Crippen molar-refractivity contribution in [3.05, 3.63) is 11.8 Å². The normalized spacial score (nSPS) is 24.7. The number of nitrogens with one attached hydrogen (secondary N) is 1. The Kier molecular flexibility index (Phi) is 3.67. The van der Waals surface area contributed by atoms with Gasteiger partial charge in [0.05, 0.1) is 0 Å². The van der Waals surface area contributed by atoms with Crippen molar-refractivity contribution in [1.82, 2.24) is 9.97 Å². The van der Waals surface area contributed by atoms with Gasteiger partial charge < -0.3 is 10.2 Å². The summed E-state index contributed by atoms with van der Waals surface area (Å²) in [4.78, 5) is 9.91. The molecule has 0 radical (unpaired) electrons. The lowest BCUT2D eigenvalue weighted by molar-refractivity contribution is -0.141. The minimum Gasteiger partial charge on any atom is -0.354 e. The molecule has 2 aliphatic rings. The maximum Gasteiger partial charge on any atom is 0.433 e. The molecule has 3 rings (SSSR count). The fourth-order valence-corrected chi connectivity index (χ4v) is 3.25. The summed E-state index contributed by atoms with van der Waals surface area (Å²) >= 11 is 0. The van der Waals surface area contributed by atoms with Gasteiger partial charge in [0.2, 0.25) is 5.95 Å². The van der Waals surface area contributed by atoms with Crippen LogP contribution >= 0.6 is 0 Å². The van der Waals surface area contributed by atoms with E-state index in [9.17, 15) is 13.2 Å². The summed E-state index contributed by atoms with van der Waals surface area (Å²) in [5.41, 5.74) is -0.867. The zero-order valence-electron chi connectivity index (χ0n) is 12.0. The summed E-state index contributed by atoms with van der Waals surface area (Å²) in [6, 6.07) is 1.42. The maximum atomic E-state index is 13.0. The average Bonchev–Trinajstić information content (AvgIpc) is 3.06. The quantitative estimate of drug-likeness (QED) is 0.926. The monoisotopic (exact) mass is 300 g/mol. The van der Waals surface area contributed by atoms with Crippen molar-refractivity contribution >= 4 is 11.8 Å². The van der Waals surface area contributed by atoms with Gasteiger partial charge >= 0.3 is 6.18 Å². The number of hydrogen-bond acceptors (Lipinski definition) is 4. The fourth-order valence-electron chi connectivity index (χ4n) is 3.25. The lowest BCUT2D eigenvalue weighted by Crippen LogP contribution is -2.33. The minimum atomic E-state index is -4.45. The number of aromatic nitrogens is 2. The highest BCUT2D eigenvalue weighted by molar-refractivity contribution is 5.48. The molecule has 7 heteroatoms. The molecule has 1 aromatic rings. The summed E-state index contributed by atoms with van der Waals surface area (Å²) in [6.07, 6.45) is -0.335. The van der Waals surface area contributed by atoms with Crippen molar-refractivity contribution < 1.29 is 13.2 Å². The first-order valence-corrected chi connectivity index (χ1v) is 7.44. The predicted molar refractivity (Wildman–Crippen MR) is 74.3 cm³/mol. The first kappa shape index (κ1) is 14.4. The van der Waals surface area contributed by atoms with Crippen LogP contribution in [0.15, 0.2) is 6.07 Å². The number of fused-ring (bicyclic) bond motifs is 2. The van der Waals surface area contributed by atoms with Gasteiger partial charge in [0.15, 0.2) is 5.69 Å². The van der Waals surface area contributed by atoms with Crippen LogP contribution in [0.25, 0.3) is 0 Å². The highest BCUT2D eigenvalue weighted by atomic mass is 19.4. The van der Waals surface area contributed by atoms with Crippen molar-refractivity contribution in [1.29, 1.82) is 0 Å². The van der Waals surface area contributed by atoms with Gasteiger partial charge in [-0.2, -0.15) is 18.2 Å².